The van der Waals surface area contributed by atoms with Crippen molar-refractivity contribution in [3.8, 4) is 0 Å². The molecule has 2 rings (SSSR count). The molecule has 0 fully saturated rings. The van der Waals surface area contributed by atoms with Crippen molar-refractivity contribution in [3.05, 3.63) is 76.3 Å². The highest BCUT2D eigenvalue weighted by molar-refractivity contribution is 9.10. The minimum absolute atomic E-state index is 0.130. The number of halogens is 1. The van der Waals surface area contributed by atoms with E-state index in [1.54, 1.807) is 12.3 Å². The summed E-state index contributed by atoms with van der Waals surface area (Å²) in [5.41, 5.74) is 4.54. The fourth-order valence-electron chi connectivity index (χ4n) is 1.70. The minimum Gasteiger partial charge on any atom is -0.273 e. The summed E-state index contributed by atoms with van der Waals surface area (Å²) in [7, 11) is 0. The number of nitrogens with one attached hydrogen (secondary N) is 1. The number of benzene rings is 2. The molecule has 1 N–H and O–H groups in total. The van der Waals surface area contributed by atoms with E-state index in [0.29, 0.717) is 6.42 Å². The van der Waals surface area contributed by atoms with Crippen molar-refractivity contribution in [1.82, 2.24) is 5.43 Å². The van der Waals surface area contributed by atoms with Crippen LogP contribution in [0.1, 0.15) is 11.1 Å². The Balaban J connectivity index is 1.77. The van der Waals surface area contributed by atoms with E-state index >= 15 is 0 Å². The number of carbonyl (C=O) groups is 1. The largest absolute Gasteiger partial charge is 0.273 e. The Morgan fingerprint density at radius 1 is 1.10 bits per heavy atom. The second kappa shape index (κ2) is 8.17. The third-order valence-electron chi connectivity index (χ3n) is 2.72. The molecule has 0 saturated heterocycles. The highest BCUT2D eigenvalue weighted by atomic mass is 79.9. The van der Waals surface area contributed by atoms with Gasteiger partial charge in [0.25, 0.3) is 0 Å². The lowest BCUT2D eigenvalue weighted by molar-refractivity contribution is -0.120. The van der Waals surface area contributed by atoms with Crippen LogP contribution >= 0.6 is 15.9 Å². The maximum atomic E-state index is 11.6. The van der Waals surface area contributed by atoms with E-state index in [2.05, 4.69) is 26.5 Å². The van der Waals surface area contributed by atoms with Gasteiger partial charge in [-0.2, -0.15) is 5.10 Å². The van der Waals surface area contributed by atoms with Crippen molar-refractivity contribution in [2.45, 2.75) is 6.42 Å². The standard InChI is InChI=1S/C17H15BrN2O/c18-16-10-8-14(9-11-16)7-4-12-19-20-17(21)13-15-5-2-1-3-6-15/h1-12H,13H2,(H,20,21)/b7-4+,19-12+. The molecule has 0 aliphatic rings. The molecule has 0 bridgehead atoms. The lowest BCUT2D eigenvalue weighted by atomic mass is 10.1. The zero-order valence-electron chi connectivity index (χ0n) is 11.4. The van der Waals surface area contributed by atoms with Crippen LogP contribution in [0, 0.1) is 0 Å². The third-order valence-corrected chi connectivity index (χ3v) is 3.24. The van der Waals surface area contributed by atoms with Crippen LogP contribution in [0.5, 0.6) is 0 Å². The van der Waals surface area contributed by atoms with Crippen molar-refractivity contribution in [1.29, 1.82) is 0 Å². The first-order valence-corrected chi connectivity index (χ1v) is 7.31. The van der Waals surface area contributed by atoms with Gasteiger partial charge in [-0.05, 0) is 29.3 Å². The summed E-state index contributed by atoms with van der Waals surface area (Å²) in [5.74, 6) is -0.130. The summed E-state index contributed by atoms with van der Waals surface area (Å²) in [6, 6.07) is 17.5. The third kappa shape index (κ3) is 5.75. The second-order valence-corrected chi connectivity index (χ2v) is 5.30. The number of allylic oxidation sites excluding steroid dienone is 1. The van der Waals surface area contributed by atoms with Crippen molar-refractivity contribution >= 4 is 34.1 Å². The normalized spacial score (nSPS) is 11.1. The number of rotatable bonds is 5. The molecule has 2 aromatic rings. The fraction of sp³-hybridized carbons (Fsp3) is 0.0588. The van der Waals surface area contributed by atoms with Crippen molar-refractivity contribution in [3.63, 3.8) is 0 Å². The van der Waals surface area contributed by atoms with Crippen LogP contribution in [-0.2, 0) is 11.2 Å². The maximum Gasteiger partial charge on any atom is 0.244 e. The van der Waals surface area contributed by atoms with Gasteiger partial charge < -0.3 is 0 Å². The monoisotopic (exact) mass is 342 g/mol. The zero-order valence-corrected chi connectivity index (χ0v) is 13.0. The van der Waals surface area contributed by atoms with Gasteiger partial charge in [0.2, 0.25) is 5.91 Å². The summed E-state index contributed by atoms with van der Waals surface area (Å²) in [6.45, 7) is 0. The van der Waals surface area contributed by atoms with Crippen molar-refractivity contribution in [2.24, 2.45) is 5.10 Å². The van der Waals surface area contributed by atoms with E-state index in [1.807, 2.05) is 60.7 Å². The maximum absolute atomic E-state index is 11.6. The minimum atomic E-state index is -0.130. The molecular weight excluding hydrogens is 328 g/mol. The molecule has 4 heteroatoms. The van der Waals surface area contributed by atoms with Crippen LogP contribution in [0.4, 0.5) is 0 Å². The van der Waals surface area contributed by atoms with Crippen LogP contribution in [0.2, 0.25) is 0 Å². The predicted molar refractivity (Wildman–Crippen MR) is 90.0 cm³/mol. The molecule has 0 aromatic heterocycles. The molecule has 0 heterocycles. The number of hydrogen-bond donors (Lipinski definition) is 1. The number of amides is 1. The summed E-state index contributed by atoms with van der Waals surface area (Å²) in [4.78, 5) is 11.6. The summed E-state index contributed by atoms with van der Waals surface area (Å²) in [6.07, 6.45) is 5.59. The lowest BCUT2D eigenvalue weighted by Gasteiger charge is -1.99. The van der Waals surface area contributed by atoms with Gasteiger partial charge in [0.1, 0.15) is 0 Å². The highest BCUT2D eigenvalue weighted by Gasteiger charge is 1.99. The molecule has 21 heavy (non-hydrogen) atoms. The summed E-state index contributed by atoms with van der Waals surface area (Å²) < 4.78 is 1.04. The average Bonchev–Trinajstić information content (AvgIpc) is 2.50. The van der Waals surface area contributed by atoms with E-state index in [0.717, 1.165) is 15.6 Å². The smallest absolute Gasteiger partial charge is 0.244 e. The fourth-order valence-corrected chi connectivity index (χ4v) is 1.97. The number of hydrogen-bond acceptors (Lipinski definition) is 2. The van der Waals surface area contributed by atoms with Crippen LogP contribution in [-0.4, -0.2) is 12.1 Å². The van der Waals surface area contributed by atoms with E-state index in [9.17, 15) is 4.79 Å². The molecule has 0 unspecified atom stereocenters. The van der Waals surface area contributed by atoms with Gasteiger partial charge in [-0.15, -0.1) is 0 Å². The molecule has 0 radical (unpaired) electrons. The van der Waals surface area contributed by atoms with Gasteiger partial charge >= 0.3 is 0 Å². The summed E-state index contributed by atoms with van der Waals surface area (Å²) in [5, 5.41) is 3.88. The number of carbonyl (C=O) groups excluding carboxylic acids is 1. The van der Waals surface area contributed by atoms with Gasteiger partial charge in [-0.1, -0.05) is 64.5 Å². The second-order valence-electron chi connectivity index (χ2n) is 4.39. The predicted octanol–water partition coefficient (Wildman–Crippen LogP) is 3.81. The highest BCUT2D eigenvalue weighted by Crippen LogP contribution is 2.11. The van der Waals surface area contributed by atoms with Crippen LogP contribution in [0.3, 0.4) is 0 Å². The van der Waals surface area contributed by atoms with Gasteiger partial charge in [0, 0.05) is 10.7 Å². The SMILES string of the molecule is O=C(Cc1ccccc1)N/N=C/C=C/c1ccc(Br)cc1. The summed E-state index contributed by atoms with van der Waals surface area (Å²) >= 11 is 3.38. The first-order chi connectivity index (χ1) is 10.2. The Morgan fingerprint density at radius 2 is 1.81 bits per heavy atom. The van der Waals surface area contributed by atoms with Gasteiger partial charge in [-0.25, -0.2) is 5.43 Å². The number of nitrogens with zero attached hydrogens (tertiary/aromatic N) is 1. The van der Waals surface area contributed by atoms with Crippen LogP contribution in [0.15, 0.2) is 70.2 Å². The molecule has 1 amide bonds. The lowest BCUT2D eigenvalue weighted by Crippen LogP contribution is -2.19. The first kappa shape index (κ1) is 15.2. The first-order valence-electron chi connectivity index (χ1n) is 6.52. The Bertz CT molecular complexity index is 634. The zero-order chi connectivity index (χ0) is 14.9. The Morgan fingerprint density at radius 3 is 2.52 bits per heavy atom. The molecule has 3 nitrogen and oxygen atoms in total. The van der Waals surface area contributed by atoms with Crippen molar-refractivity contribution < 1.29 is 4.79 Å². The molecule has 0 saturated carbocycles. The Labute approximate surface area is 132 Å². The van der Waals surface area contributed by atoms with Gasteiger partial charge in [-0.3, -0.25) is 4.79 Å². The van der Waals surface area contributed by atoms with Crippen LogP contribution in [0.25, 0.3) is 6.08 Å². The molecule has 2 aromatic carbocycles. The molecule has 0 spiro atoms. The van der Waals surface area contributed by atoms with E-state index in [1.165, 1.54) is 0 Å². The number of hydrazone groups is 1. The van der Waals surface area contributed by atoms with E-state index in [4.69, 9.17) is 0 Å². The van der Waals surface area contributed by atoms with Gasteiger partial charge in [0.05, 0.1) is 6.42 Å². The van der Waals surface area contributed by atoms with E-state index in [-0.39, 0.29) is 5.91 Å². The Kier molecular flexibility index (Phi) is 5.91. The molecule has 106 valence electrons. The topological polar surface area (TPSA) is 41.5 Å². The quantitative estimate of drug-likeness (QED) is 0.651. The molecule has 0 aliphatic heterocycles. The average molecular weight is 343 g/mol. The molecular formula is C17H15BrN2O. The molecule has 0 atom stereocenters. The van der Waals surface area contributed by atoms with Gasteiger partial charge in [0.15, 0.2) is 0 Å². The Hall–Kier alpha value is -2.20. The van der Waals surface area contributed by atoms with Crippen molar-refractivity contribution in [2.75, 3.05) is 0 Å². The molecule has 0 aliphatic carbocycles. The van der Waals surface area contributed by atoms with Crippen LogP contribution < -0.4 is 5.43 Å². The van der Waals surface area contributed by atoms with E-state index < -0.39 is 0 Å².